The summed E-state index contributed by atoms with van der Waals surface area (Å²) in [6.07, 6.45) is 2.30. The van der Waals surface area contributed by atoms with Crippen molar-refractivity contribution in [2.24, 2.45) is 0 Å². The lowest BCUT2D eigenvalue weighted by Gasteiger charge is -2.24. The van der Waals surface area contributed by atoms with Gasteiger partial charge in [-0.15, -0.1) is 0 Å². The number of hydrogen-bond acceptors (Lipinski definition) is 5. The second-order valence-corrected chi connectivity index (χ2v) is 6.82. The maximum Gasteiger partial charge on any atom is 0.141 e. The Balaban J connectivity index is 1.63. The van der Waals surface area contributed by atoms with Crippen molar-refractivity contribution in [3.8, 4) is 6.07 Å². The highest BCUT2D eigenvalue weighted by atomic mass is 79.9. The molecule has 0 spiro atoms. The van der Waals surface area contributed by atoms with Gasteiger partial charge in [0, 0.05) is 36.6 Å². The molecule has 0 bridgehead atoms. The van der Waals surface area contributed by atoms with Gasteiger partial charge in [-0.05, 0) is 28.8 Å². The number of carbonyl (C=O) groups excluding carboxylic acids is 1. The molecule has 3 rings (SSSR count). The normalized spacial score (nSPS) is 17.0. The topological polar surface area (TPSA) is 75.0 Å². The predicted octanol–water partition coefficient (Wildman–Crippen LogP) is 2.73. The predicted molar refractivity (Wildman–Crippen MR) is 97.1 cm³/mol. The maximum absolute atomic E-state index is 12.3. The first-order valence-electron chi connectivity index (χ1n) is 8.13. The number of carbonyl (C=O) groups is 1. The van der Waals surface area contributed by atoms with Crippen LogP contribution in [0, 0.1) is 11.3 Å². The van der Waals surface area contributed by atoms with Gasteiger partial charge in [0.15, 0.2) is 0 Å². The van der Waals surface area contributed by atoms with Gasteiger partial charge >= 0.3 is 0 Å². The maximum atomic E-state index is 12.3. The minimum atomic E-state index is 0.0551. The number of aromatic nitrogens is 1. The van der Waals surface area contributed by atoms with Gasteiger partial charge in [0.1, 0.15) is 17.5 Å². The standard InChI is InChI=1S/C19H18BrN3O2/c20-18-9-15(19-12-22-5-6-25-19)3-2-14(18)8-17(24)7-13-1-4-16(10-21)23-11-13/h1-4,9,11,19,22H,5-8,12H2/t19-/m1/s1. The monoisotopic (exact) mass is 399 g/mol. The van der Waals surface area contributed by atoms with Crippen LogP contribution < -0.4 is 5.32 Å². The van der Waals surface area contributed by atoms with Crippen molar-refractivity contribution in [3.05, 3.63) is 63.4 Å². The molecule has 128 valence electrons. The number of halogens is 1. The molecule has 1 aliphatic heterocycles. The minimum absolute atomic E-state index is 0.0551. The van der Waals surface area contributed by atoms with Crippen molar-refractivity contribution in [2.75, 3.05) is 19.7 Å². The van der Waals surface area contributed by atoms with E-state index in [0.717, 1.165) is 34.3 Å². The third-order valence-electron chi connectivity index (χ3n) is 4.10. The van der Waals surface area contributed by atoms with Crippen molar-refractivity contribution in [2.45, 2.75) is 18.9 Å². The van der Waals surface area contributed by atoms with Crippen molar-refractivity contribution < 1.29 is 9.53 Å². The summed E-state index contributed by atoms with van der Waals surface area (Å²) in [6, 6.07) is 11.4. The summed E-state index contributed by atoms with van der Waals surface area (Å²) in [5.41, 5.74) is 3.23. The Bertz CT molecular complexity index is 793. The largest absolute Gasteiger partial charge is 0.371 e. The summed E-state index contributed by atoms with van der Waals surface area (Å²) >= 11 is 3.57. The van der Waals surface area contributed by atoms with Crippen molar-refractivity contribution in [1.82, 2.24) is 10.3 Å². The molecule has 0 amide bonds. The number of ketones is 1. The van der Waals surface area contributed by atoms with Crippen LogP contribution in [0.4, 0.5) is 0 Å². The Kier molecular flexibility index (Phi) is 5.92. The van der Waals surface area contributed by atoms with Crippen molar-refractivity contribution >= 4 is 21.7 Å². The van der Waals surface area contributed by atoms with Crippen LogP contribution in [0.2, 0.25) is 0 Å². The van der Waals surface area contributed by atoms with Crippen LogP contribution in [-0.2, 0) is 22.4 Å². The summed E-state index contributed by atoms with van der Waals surface area (Å²) in [5, 5.41) is 12.1. The van der Waals surface area contributed by atoms with Gasteiger partial charge in [0.25, 0.3) is 0 Å². The van der Waals surface area contributed by atoms with Gasteiger partial charge in [0.05, 0.1) is 12.7 Å². The number of morpholine rings is 1. The van der Waals surface area contributed by atoms with Gasteiger partial charge in [-0.2, -0.15) is 5.26 Å². The number of benzene rings is 1. The number of rotatable bonds is 5. The molecule has 2 heterocycles. The molecule has 1 atom stereocenters. The van der Waals surface area contributed by atoms with E-state index in [0.29, 0.717) is 25.1 Å². The van der Waals surface area contributed by atoms with E-state index in [9.17, 15) is 4.79 Å². The first-order chi connectivity index (χ1) is 12.2. The van der Waals surface area contributed by atoms with Gasteiger partial charge in [-0.1, -0.05) is 34.1 Å². The quantitative estimate of drug-likeness (QED) is 0.836. The molecule has 1 aromatic heterocycles. The molecule has 1 saturated heterocycles. The Morgan fingerprint density at radius 2 is 2.24 bits per heavy atom. The van der Waals surface area contributed by atoms with E-state index >= 15 is 0 Å². The molecule has 25 heavy (non-hydrogen) atoms. The number of hydrogen-bond donors (Lipinski definition) is 1. The minimum Gasteiger partial charge on any atom is -0.371 e. The van der Waals surface area contributed by atoms with Crippen LogP contribution in [0.1, 0.15) is 28.5 Å². The lowest BCUT2D eigenvalue weighted by atomic mass is 10.0. The SMILES string of the molecule is N#Cc1ccc(CC(=O)Cc2ccc([C@H]3CNCCO3)cc2Br)cn1. The summed E-state index contributed by atoms with van der Waals surface area (Å²) < 4.78 is 6.68. The molecular formula is C19H18BrN3O2. The lowest BCUT2D eigenvalue weighted by molar-refractivity contribution is -0.117. The highest BCUT2D eigenvalue weighted by Gasteiger charge is 2.17. The number of nitriles is 1. The highest BCUT2D eigenvalue weighted by Crippen LogP contribution is 2.26. The zero-order valence-corrected chi connectivity index (χ0v) is 15.3. The zero-order chi connectivity index (χ0) is 17.6. The summed E-state index contributed by atoms with van der Waals surface area (Å²) in [6.45, 7) is 2.39. The first kappa shape index (κ1) is 17.7. The van der Waals surface area contributed by atoms with Gasteiger partial charge < -0.3 is 10.1 Å². The van der Waals surface area contributed by atoms with E-state index in [2.05, 4.69) is 26.2 Å². The average Bonchev–Trinajstić information content (AvgIpc) is 2.65. The van der Waals surface area contributed by atoms with Crippen LogP contribution in [0.3, 0.4) is 0 Å². The van der Waals surface area contributed by atoms with E-state index in [1.54, 1.807) is 18.3 Å². The molecule has 1 fully saturated rings. The van der Waals surface area contributed by atoms with Crippen molar-refractivity contribution in [1.29, 1.82) is 5.26 Å². The third kappa shape index (κ3) is 4.73. The summed E-state index contributed by atoms with van der Waals surface area (Å²) in [7, 11) is 0. The zero-order valence-electron chi connectivity index (χ0n) is 13.7. The Morgan fingerprint density at radius 3 is 2.88 bits per heavy atom. The molecule has 0 saturated carbocycles. The molecule has 1 aromatic carbocycles. The van der Waals surface area contributed by atoms with Crippen molar-refractivity contribution in [3.63, 3.8) is 0 Å². The van der Waals surface area contributed by atoms with Crippen LogP contribution in [0.15, 0.2) is 41.0 Å². The molecule has 1 aliphatic rings. The van der Waals surface area contributed by atoms with Crippen LogP contribution in [-0.4, -0.2) is 30.5 Å². The lowest BCUT2D eigenvalue weighted by Crippen LogP contribution is -2.33. The first-order valence-corrected chi connectivity index (χ1v) is 8.92. The molecule has 2 aromatic rings. The van der Waals surface area contributed by atoms with E-state index in [1.807, 2.05) is 24.3 Å². The van der Waals surface area contributed by atoms with E-state index in [4.69, 9.17) is 10.00 Å². The third-order valence-corrected chi connectivity index (χ3v) is 4.84. The molecule has 0 aliphatic carbocycles. The summed E-state index contributed by atoms with van der Waals surface area (Å²) in [5.74, 6) is 0.107. The van der Waals surface area contributed by atoms with Crippen LogP contribution in [0.25, 0.3) is 0 Å². The number of ether oxygens (including phenoxy) is 1. The van der Waals surface area contributed by atoms with Gasteiger partial charge in [0.2, 0.25) is 0 Å². The number of nitrogens with one attached hydrogen (secondary N) is 1. The number of Topliss-reactive ketones (excluding diaryl/α,β-unsaturated/α-hetero) is 1. The van der Waals surface area contributed by atoms with Crippen LogP contribution >= 0.6 is 15.9 Å². The second-order valence-electron chi connectivity index (χ2n) is 5.97. The highest BCUT2D eigenvalue weighted by molar-refractivity contribution is 9.10. The average molecular weight is 400 g/mol. The molecule has 6 heteroatoms. The Labute approximate surface area is 155 Å². The Hall–Kier alpha value is -2.07. The van der Waals surface area contributed by atoms with Crippen LogP contribution in [0.5, 0.6) is 0 Å². The number of nitrogens with zero attached hydrogens (tertiary/aromatic N) is 2. The van der Waals surface area contributed by atoms with E-state index in [-0.39, 0.29) is 11.9 Å². The fourth-order valence-corrected chi connectivity index (χ4v) is 3.32. The van der Waals surface area contributed by atoms with E-state index in [1.165, 1.54) is 0 Å². The molecule has 0 radical (unpaired) electrons. The molecule has 0 unspecified atom stereocenters. The molecule has 5 nitrogen and oxygen atoms in total. The van der Waals surface area contributed by atoms with Gasteiger partial charge in [-0.25, -0.2) is 4.98 Å². The molecule has 1 N–H and O–H groups in total. The number of pyridine rings is 1. The fourth-order valence-electron chi connectivity index (χ4n) is 2.78. The van der Waals surface area contributed by atoms with Gasteiger partial charge in [-0.3, -0.25) is 4.79 Å². The second kappa shape index (κ2) is 8.34. The fraction of sp³-hybridized carbons (Fsp3) is 0.316. The summed E-state index contributed by atoms with van der Waals surface area (Å²) in [4.78, 5) is 16.3. The molecular weight excluding hydrogens is 382 g/mol. The van der Waals surface area contributed by atoms with E-state index < -0.39 is 0 Å². The Morgan fingerprint density at radius 1 is 1.36 bits per heavy atom. The smallest absolute Gasteiger partial charge is 0.141 e.